The molecular weight excluding hydrogens is 162 g/mol. The Labute approximate surface area is 80.6 Å². The summed E-state index contributed by atoms with van der Waals surface area (Å²) >= 11 is 0. The lowest BCUT2D eigenvalue weighted by atomic mass is 10.0. The number of hydrogen-bond donors (Lipinski definition) is 0. The first-order valence-corrected chi connectivity index (χ1v) is 5.33. The lowest BCUT2D eigenvalue weighted by Crippen LogP contribution is -2.33. The predicted octanol–water partition coefficient (Wildman–Crippen LogP) is 1.82. The van der Waals surface area contributed by atoms with Crippen molar-refractivity contribution >= 4 is 0 Å². The lowest BCUT2D eigenvalue weighted by molar-refractivity contribution is 0.103. The smallest absolute Gasteiger partial charge is 0.0710 e. The number of nitrogens with zero attached hydrogens (tertiary/aromatic N) is 1. The summed E-state index contributed by atoms with van der Waals surface area (Å²) in [5.41, 5.74) is 0. The summed E-state index contributed by atoms with van der Waals surface area (Å²) in [4.78, 5) is 2.56. The van der Waals surface area contributed by atoms with Gasteiger partial charge in [0.1, 0.15) is 0 Å². The SMILES string of the molecule is CO[C@H]1CCN(C2C=CCCC2)C1. The highest BCUT2D eigenvalue weighted by atomic mass is 16.5. The van der Waals surface area contributed by atoms with Gasteiger partial charge in [0.15, 0.2) is 0 Å². The van der Waals surface area contributed by atoms with E-state index in [-0.39, 0.29) is 0 Å². The summed E-state index contributed by atoms with van der Waals surface area (Å²) in [5.74, 6) is 0. The van der Waals surface area contributed by atoms with Crippen molar-refractivity contribution in [2.24, 2.45) is 0 Å². The molecule has 0 aromatic heterocycles. The average Bonchev–Trinajstić information content (AvgIpc) is 2.67. The summed E-state index contributed by atoms with van der Waals surface area (Å²) in [6.07, 6.45) is 10.4. The monoisotopic (exact) mass is 181 g/mol. The quantitative estimate of drug-likeness (QED) is 0.602. The van der Waals surface area contributed by atoms with Gasteiger partial charge in [-0.15, -0.1) is 0 Å². The molecule has 0 aromatic rings. The highest BCUT2D eigenvalue weighted by molar-refractivity contribution is 5.00. The van der Waals surface area contributed by atoms with Crippen LogP contribution in [0.15, 0.2) is 12.2 Å². The van der Waals surface area contributed by atoms with Crippen LogP contribution in [0.3, 0.4) is 0 Å². The molecule has 1 fully saturated rings. The molecule has 0 amide bonds. The number of ether oxygens (including phenoxy) is 1. The first kappa shape index (κ1) is 9.22. The average molecular weight is 181 g/mol. The molecule has 0 bridgehead atoms. The summed E-state index contributed by atoms with van der Waals surface area (Å²) in [7, 11) is 1.82. The van der Waals surface area contributed by atoms with Crippen LogP contribution in [-0.4, -0.2) is 37.2 Å². The Bertz CT molecular complexity index is 191. The van der Waals surface area contributed by atoms with Gasteiger partial charge >= 0.3 is 0 Å². The molecule has 1 heterocycles. The molecule has 1 aliphatic carbocycles. The lowest BCUT2D eigenvalue weighted by Gasteiger charge is -2.27. The van der Waals surface area contributed by atoms with Gasteiger partial charge in [-0.1, -0.05) is 12.2 Å². The van der Waals surface area contributed by atoms with E-state index in [1.807, 2.05) is 7.11 Å². The van der Waals surface area contributed by atoms with Crippen molar-refractivity contribution in [1.29, 1.82) is 0 Å². The zero-order chi connectivity index (χ0) is 9.10. The summed E-state index contributed by atoms with van der Waals surface area (Å²) in [6.45, 7) is 2.35. The Morgan fingerprint density at radius 2 is 2.31 bits per heavy atom. The van der Waals surface area contributed by atoms with Crippen LogP contribution in [-0.2, 0) is 4.74 Å². The molecule has 2 aliphatic rings. The fourth-order valence-corrected chi connectivity index (χ4v) is 2.35. The third kappa shape index (κ3) is 2.12. The van der Waals surface area contributed by atoms with Crippen LogP contribution in [0.2, 0.25) is 0 Å². The molecule has 0 saturated carbocycles. The second-order valence-electron chi connectivity index (χ2n) is 4.07. The van der Waals surface area contributed by atoms with Gasteiger partial charge in [0.05, 0.1) is 6.10 Å². The Morgan fingerprint density at radius 1 is 1.38 bits per heavy atom. The third-order valence-corrected chi connectivity index (χ3v) is 3.21. The van der Waals surface area contributed by atoms with Crippen LogP contribution in [0, 0.1) is 0 Å². The van der Waals surface area contributed by atoms with Gasteiger partial charge < -0.3 is 4.74 Å². The van der Waals surface area contributed by atoms with Crippen LogP contribution >= 0.6 is 0 Å². The van der Waals surface area contributed by atoms with Crippen molar-refractivity contribution in [1.82, 2.24) is 4.90 Å². The van der Waals surface area contributed by atoms with Gasteiger partial charge in [-0.3, -0.25) is 4.90 Å². The van der Waals surface area contributed by atoms with Gasteiger partial charge in [-0.25, -0.2) is 0 Å². The number of likely N-dealkylation sites (tertiary alicyclic amines) is 1. The molecule has 1 saturated heterocycles. The van der Waals surface area contributed by atoms with Gasteiger partial charge in [0.2, 0.25) is 0 Å². The highest BCUT2D eigenvalue weighted by Crippen LogP contribution is 2.21. The van der Waals surface area contributed by atoms with Gasteiger partial charge in [0.25, 0.3) is 0 Å². The fourth-order valence-electron chi connectivity index (χ4n) is 2.35. The maximum atomic E-state index is 5.37. The minimum Gasteiger partial charge on any atom is -0.380 e. The van der Waals surface area contributed by atoms with Gasteiger partial charge in [-0.2, -0.15) is 0 Å². The molecule has 74 valence electrons. The molecule has 1 aliphatic heterocycles. The summed E-state index contributed by atoms with van der Waals surface area (Å²) in [5, 5.41) is 0. The van der Waals surface area contributed by atoms with Crippen LogP contribution in [0.1, 0.15) is 25.7 Å². The first-order chi connectivity index (χ1) is 6.40. The number of allylic oxidation sites excluding steroid dienone is 1. The maximum Gasteiger partial charge on any atom is 0.0710 e. The second-order valence-corrected chi connectivity index (χ2v) is 4.07. The van der Waals surface area contributed by atoms with Crippen molar-refractivity contribution in [3.05, 3.63) is 12.2 Å². The Balaban J connectivity index is 1.87. The van der Waals surface area contributed by atoms with Crippen molar-refractivity contribution < 1.29 is 4.74 Å². The Hall–Kier alpha value is -0.340. The number of hydrogen-bond acceptors (Lipinski definition) is 2. The zero-order valence-electron chi connectivity index (χ0n) is 8.41. The van der Waals surface area contributed by atoms with Gasteiger partial charge in [-0.05, 0) is 25.7 Å². The standard InChI is InChI=1S/C11H19NO/c1-13-11-7-8-12(9-11)10-5-3-2-4-6-10/h3,5,10-11H,2,4,6-9H2,1H3/t10?,11-/m0/s1. The molecule has 0 aromatic carbocycles. The molecule has 13 heavy (non-hydrogen) atoms. The Kier molecular flexibility index (Phi) is 3.01. The van der Waals surface area contributed by atoms with E-state index in [1.54, 1.807) is 0 Å². The van der Waals surface area contributed by atoms with E-state index in [0.29, 0.717) is 12.1 Å². The van der Waals surface area contributed by atoms with E-state index in [0.717, 1.165) is 6.54 Å². The van der Waals surface area contributed by atoms with Crippen molar-refractivity contribution in [2.45, 2.75) is 37.8 Å². The van der Waals surface area contributed by atoms with E-state index < -0.39 is 0 Å². The Morgan fingerprint density at radius 3 is 2.92 bits per heavy atom. The molecule has 0 N–H and O–H groups in total. The fraction of sp³-hybridized carbons (Fsp3) is 0.818. The normalized spacial score (nSPS) is 35.5. The molecule has 2 rings (SSSR count). The number of rotatable bonds is 2. The van der Waals surface area contributed by atoms with Crippen molar-refractivity contribution in [2.75, 3.05) is 20.2 Å². The van der Waals surface area contributed by atoms with Gasteiger partial charge in [0, 0.05) is 26.2 Å². The summed E-state index contributed by atoms with van der Waals surface area (Å²) in [6, 6.07) is 0.703. The highest BCUT2D eigenvalue weighted by Gasteiger charge is 2.26. The number of methoxy groups -OCH3 is 1. The summed E-state index contributed by atoms with van der Waals surface area (Å²) < 4.78 is 5.37. The third-order valence-electron chi connectivity index (χ3n) is 3.21. The molecule has 0 spiro atoms. The molecule has 0 radical (unpaired) electrons. The van der Waals surface area contributed by atoms with E-state index in [2.05, 4.69) is 17.1 Å². The first-order valence-electron chi connectivity index (χ1n) is 5.33. The van der Waals surface area contributed by atoms with Crippen LogP contribution in [0.4, 0.5) is 0 Å². The second kappa shape index (κ2) is 4.25. The topological polar surface area (TPSA) is 12.5 Å². The van der Waals surface area contributed by atoms with Crippen LogP contribution < -0.4 is 0 Å². The minimum absolute atomic E-state index is 0.482. The van der Waals surface area contributed by atoms with E-state index in [1.165, 1.54) is 32.2 Å². The van der Waals surface area contributed by atoms with E-state index >= 15 is 0 Å². The zero-order valence-corrected chi connectivity index (χ0v) is 8.41. The van der Waals surface area contributed by atoms with Crippen molar-refractivity contribution in [3.8, 4) is 0 Å². The predicted molar refractivity (Wildman–Crippen MR) is 53.8 cm³/mol. The largest absolute Gasteiger partial charge is 0.380 e. The molecule has 2 atom stereocenters. The molecule has 2 heteroatoms. The minimum atomic E-state index is 0.482. The molecule has 1 unspecified atom stereocenters. The van der Waals surface area contributed by atoms with Crippen molar-refractivity contribution in [3.63, 3.8) is 0 Å². The van der Waals surface area contributed by atoms with E-state index in [9.17, 15) is 0 Å². The molecule has 2 nitrogen and oxygen atoms in total. The van der Waals surface area contributed by atoms with Crippen LogP contribution in [0.5, 0.6) is 0 Å². The maximum absolute atomic E-state index is 5.37. The molecular formula is C11H19NO. The van der Waals surface area contributed by atoms with Crippen LogP contribution in [0.25, 0.3) is 0 Å². The van der Waals surface area contributed by atoms with E-state index in [4.69, 9.17) is 4.74 Å².